The van der Waals surface area contributed by atoms with Gasteiger partial charge in [-0.2, -0.15) is 4.37 Å². The molecule has 1 N–H and O–H groups in total. The number of hydrogen-bond donors (Lipinski definition) is 1. The van der Waals surface area contributed by atoms with E-state index in [0.717, 1.165) is 68.7 Å². The van der Waals surface area contributed by atoms with Gasteiger partial charge in [0, 0.05) is 12.2 Å². The van der Waals surface area contributed by atoms with Gasteiger partial charge in [0.1, 0.15) is 10.6 Å². The predicted octanol–water partition coefficient (Wildman–Crippen LogP) is 3.48. The average molecular weight is 378 g/mol. The molecule has 0 spiro atoms. The number of carbonyl (C=O) groups excluding carboxylic acids is 1. The molecule has 0 aromatic carbocycles. The second-order valence-corrected chi connectivity index (χ2v) is 7.64. The molecule has 0 aliphatic carbocycles. The number of carbonyl (C=O) groups is 1. The zero-order chi connectivity index (χ0) is 18.4. The van der Waals surface area contributed by atoms with E-state index < -0.39 is 0 Å². The van der Waals surface area contributed by atoms with Crippen LogP contribution in [0, 0.1) is 6.92 Å². The number of unbranched alkanes of at least 4 members (excludes halogenated alkanes) is 1. The van der Waals surface area contributed by atoms with E-state index in [1.54, 1.807) is 0 Å². The molecule has 0 radical (unpaired) electrons. The largest absolute Gasteiger partial charge is 0.379 e. The Bertz CT molecular complexity index is 719. The van der Waals surface area contributed by atoms with Gasteiger partial charge >= 0.3 is 0 Å². The lowest BCUT2D eigenvalue weighted by atomic mass is 10.0. The van der Waals surface area contributed by atoms with Crippen molar-refractivity contribution < 1.29 is 14.1 Å². The maximum absolute atomic E-state index is 12.2. The summed E-state index contributed by atoms with van der Waals surface area (Å²) >= 11 is 1.27. The Hall–Kier alpha value is -1.73. The number of rotatable bonds is 9. The van der Waals surface area contributed by atoms with Gasteiger partial charge in [-0.3, -0.25) is 4.79 Å². The summed E-state index contributed by atoms with van der Waals surface area (Å²) in [7, 11) is 0. The highest BCUT2D eigenvalue weighted by atomic mass is 32.1. The number of hydrogen-bond acceptors (Lipinski definition) is 6. The van der Waals surface area contributed by atoms with Gasteiger partial charge in [-0.1, -0.05) is 18.5 Å². The molecular weight excluding hydrogens is 350 g/mol. The van der Waals surface area contributed by atoms with E-state index in [4.69, 9.17) is 9.26 Å². The minimum Gasteiger partial charge on any atom is -0.379 e. The van der Waals surface area contributed by atoms with E-state index in [1.807, 2.05) is 13.0 Å². The van der Waals surface area contributed by atoms with Gasteiger partial charge in [0.15, 0.2) is 0 Å². The normalized spacial score (nSPS) is 16.9. The van der Waals surface area contributed by atoms with E-state index >= 15 is 0 Å². The van der Waals surface area contributed by atoms with E-state index in [1.165, 1.54) is 17.1 Å². The summed E-state index contributed by atoms with van der Waals surface area (Å²) in [5.74, 6) is 0.884. The lowest BCUT2D eigenvalue weighted by Gasteiger charge is -2.08. The number of amides is 1. The first kappa shape index (κ1) is 19.0. The van der Waals surface area contributed by atoms with Crippen LogP contribution in [-0.2, 0) is 24.0 Å². The summed E-state index contributed by atoms with van der Waals surface area (Å²) in [4.78, 5) is 12.9. The highest BCUT2D eigenvalue weighted by molar-refractivity contribution is 7.08. The Morgan fingerprint density at radius 2 is 2.23 bits per heavy atom. The molecular formula is C19H27N3O3S. The fourth-order valence-corrected chi connectivity index (χ4v) is 3.88. The van der Waals surface area contributed by atoms with Crippen LogP contribution in [0.25, 0.3) is 0 Å². The van der Waals surface area contributed by atoms with Crippen LogP contribution in [0.15, 0.2) is 10.6 Å². The molecule has 142 valence electrons. The molecule has 2 aromatic heterocycles. The topological polar surface area (TPSA) is 77.2 Å². The second kappa shape index (κ2) is 9.28. The quantitative estimate of drug-likeness (QED) is 0.724. The van der Waals surface area contributed by atoms with Crippen molar-refractivity contribution in [1.82, 2.24) is 14.8 Å². The van der Waals surface area contributed by atoms with E-state index in [0.29, 0.717) is 11.5 Å². The standard InChI is InChI=1S/C19H27N3O3S/c1-3-4-8-17-16(13(2)25-21-17)7-5-6-14-11-18(26-22-14)19(23)20-15-9-10-24-12-15/h11,15H,3-10,12H2,1-2H3,(H,20,23). The highest BCUT2D eigenvalue weighted by Crippen LogP contribution is 2.19. The van der Waals surface area contributed by atoms with Crippen molar-refractivity contribution in [3.63, 3.8) is 0 Å². The Balaban J connectivity index is 1.49. The van der Waals surface area contributed by atoms with E-state index in [2.05, 4.69) is 21.8 Å². The van der Waals surface area contributed by atoms with Crippen LogP contribution in [0.1, 0.15) is 65.0 Å². The van der Waals surface area contributed by atoms with Crippen LogP contribution in [0.3, 0.4) is 0 Å². The first-order chi connectivity index (χ1) is 12.7. The molecule has 1 atom stereocenters. The smallest absolute Gasteiger partial charge is 0.263 e. The molecule has 26 heavy (non-hydrogen) atoms. The summed E-state index contributed by atoms with van der Waals surface area (Å²) in [6.45, 7) is 5.50. The number of aryl methyl sites for hydroxylation is 3. The van der Waals surface area contributed by atoms with Crippen LogP contribution >= 0.6 is 11.5 Å². The van der Waals surface area contributed by atoms with Crippen LogP contribution < -0.4 is 5.32 Å². The summed E-state index contributed by atoms with van der Waals surface area (Å²) in [6.07, 6.45) is 6.92. The number of ether oxygens (including phenoxy) is 1. The maximum Gasteiger partial charge on any atom is 0.263 e. The Morgan fingerprint density at radius 3 is 3.00 bits per heavy atom. The summed E-state index contributed by atoms with van der Waals surface area (Å²) < 4.78 is 15.1. The average Bonchev–Trinajstić information content (AvgIpc) is 3.36. The molecule has 1 aliphatic heterocycles. The maximum atomic E-state index is 12.2. The predicted molar refractivity (Wildman–Crippen MR) is 101 cm³/mol. The van der Waals surface area contributed by atoms with Gasteiger partial charge < -0.3 is 14.6 Å². The lowest BCUT2D eigenvalue weighted by Crippen LogP contribution is -2.34. The van der Waals surface area contributed by atoms with Crippen LogP contribution in [0.4, 0.5) is 0 Å². The van der Waals surface area contributed by atoms with Gasteiger partial charge in [0.25, 0.3) is 5.91 Å². The fraction of sp³-hybridized carbons (Fsp3) is 0.632. The third-order valence-corrected chi connectivity index (χ3v) is 5.57. The molecule has 0 saturated carbocycles. The minimum atomic E-state index is -0.0408. The van der Waals surface area contributed by atoms with Crippen molar-refractivity contribution in [2.45, 2.75) is 64.8 Å². The monoisotopic (exact) mass is 377 g/mol. The zero-order valence-corrected chi connectivity index (χ0v) is 16.4. The first-order valence-corrected chi connectivity index (χ1v) is 10.2. The molecule has 7 heteroatoms. The molecule has 0 bridgehead atoms. The fourth-order valence-electron chi connectivity index (χ4n) is 3.19. The van der Waals surface area contributed by atoms with Crippen molar-refractivity contribution in [3.8, 4) is 0 Å². The van der Waals surface area contributed by atoms with Crippen LogP contribution in [-0.4, -0.2) is 34.7 Å². The molecule has 1 fully saturated rings. The van der Waals surface area contributed by atoms with Crippen molar-refractivity contribution in [2.24, 2.45) is 0 Å². The number of nitrogens with zero attached hydrogens (tertiary/aromatic N) is 2. The van der Waals surface area contributed by atoms with Gasteiger partial charge in [0.2, 0.25) is 0 Å². The number of aromatic nitrogens is 2. The highest BCUT2D eigenvalue weighted by Gasteiger charge is 2.20. The molecule has 2 aromatic rings. The van der Waals surface area contributed by atoms with Gasteiger partial charge in [-0.05, 0) is 63.0 Å². The van der Waals surface area contributed by atoms with Crippen molar-refractivity contribution in [1.29, 1.82) is 0 Å². The van der Waals surface area contributed by atoms with Gasteiger partial charge in [0.05, 0.1) is 24.0 Å². The van der Waals surface area contributed by atoms with Crippen molar-refractivity contribution in [2.75, 3.05) is 13.2 Å². The Morgan fingerprint density at radius 1 is 1.35 bits per heavy atom. The second-order valence-electron chi connectivity index (χ2n) is 6.84. The van der Waals surface area contributed by atoms with E-state index in [9.17, 15) is 4.79 Å². The van der Waals surface area contributed by atoms with Gasteiger partial charge in [-0.15, -0.1) is 0 Å². The van der Waals surface area contributed by atoms with E-state index in [-0.39, 0.29) is 11.9 Å². The molecule has 1 saturated heterocycles. The summed E-state index contributed by atoms with van der Waals surface area (Å²) in [6, 6.07) is 2.04. The molecule has 3 heterocycles. The Kier molecular flexibility index (Phi) is 6.80. The Labute approximate surface area is 158 Å². The zero-order valence-electron chi connectivity index (χ0n) is 15.5. The molecule has 3 rings (SSSR count). The molecule has 1 amide bonds. The van der Waals surface area contributed by atoms with Crippen molar-refractivity contribution in [3.05, 3.63) is 33.7 Å². The third-order valence-electron chi connectivity index (χ3n) is 4.74. The van der Waals surface area contributed by atoms with Crippen molar-refractivity contribution >= 4 is 17.4 Å². The SMILES string of the molecule is CCCCc1noc(C)c1CCCc1cc(C(=O)NC2CCOC2)sn1. The number of nitrogens with one attached hydrogen (secondary N) is 1. The lowest BCUT2D eigenvalue weighted by molar-refractivity contribution is 0.0934. The summed E-state index contributed by atoms with van der Waals surface area (Å²) in [5, 5.41) is 7.21. The molecule has 1 aliphatic rings. The van der Waals surface area contributed by atoms with Gasteiger partial charge in [-0.25, -0.2) is 0 Å². The molecule has 6 nitrogen and oxygen atoms in total. The van der Waals surface area contributed by atoms with Crippen LogP contribution in [0.5, 0.6) is 0 Å². The molecule has 1 unspecified atom stereocenters. The first-order valence-electron chi connectivity index (χ1n) is 9.45. The summed E-state index contributed by atoms with van der Waals surface area (Å²) in [5.41, 5.74) is 3.32. The van der Waals surface area contributed by atoms with Crippen LogP contribution in [0.2, 0.25) is 0 Å². The third kappa shape index (κ3) is 4.92. The minimum absolute atomic E-state index is 0.0408.